The molecular formula is C27H34N2O5. The molecule has 182 valence electrons. The summed E-state index contributed by atoms with van der Waals surface area (Å²) < 4.78 is 5.56. The minimum absolute atomic E-state index is 0.00479. The van der Waals surface area contributed by atoms with Crippen LogP contribution < -0.4 is 10.6 Å². The van der Waals surface area contributed by atoms with Crippen molar-refractivity contribution in [1.29, 1.82) is 0 Å². The fourth-order valence-corrected chi connectivity index (χ4v) is 4.44. The van der Waals surface area contributed by atoms with Gasteiger partial charge in [0.25, 0.3) is 0 Å². The van der Waals surface area contributed by atoms with E-state index in [1.807, 2.05) is 45.0 Å². The summed E-state index contributed by atoms with van der Waals surface area (Å²) in [6.07, 6.45) is 1.23. The Morgan fingerprint density at radius 3 is 2.09 bits per heavy atom. The quantitative estimate of drug-likeness (QED) is 0.445. The van der Waals surface area contributed by atoms with Gasteiger partial charge in [0.2, 0.25) is 5.91 Å². The Bertz CT molecular complexity index is 974. The van der Waals surface area contributed by atoms with E-state index in [0.717, 1.165) is 11.1 Å². The highest BCUT2D eigenvalue weighted by atomic mass is 16.5. The number of hydrogen-bond donors (Lipinski definition) is 3. The number of ether oxygens (including phenoxy) is 1. The molecule has 1 aliphatic rings. The van der Waals surface area contributed by atoms with Gasteiger partial charge in [-0.2, -0.15) is 0 Å². The summed E-state index contributed by atoms with van der Waals surface area (Å²) in [6, 6.07) is 15.3. The normalized spacial score (nSPS) is 14.1. The zero-order valence-corrected chi connectivity index (χ0v) is 20.0. The van der Waals surface area contributed by atoms with Crippen LogP contribution in [0.25, 0.3) is 11.1 Å². The maximum Gasteiger partial charge on any atom is 0.407 e. The summed E-state index contributed by atoms with van der Waals surface area (Å²) in [5, 5.41) is 14.6. The molecule has 0 saturated heterocycles. The predicted octanol–water partition coefficient (Wildman–Crippen LogP) is 4.70. The molecule has 34 heavy (non-hydrogen) atoms. The van der Waals surface area contributed by atoms with Crippen LogP contribution in [0.5, 0.6) is 0 Å². The van der Waals surface area contributed by atoms with E-state index in [4.69, 9.17) is 4.74 Å². The van der Waals surface area contributed by atoms with Crippen molar-refractivity contribution >= 4 is 18.0 Å². The van der Waals surface area contributed by atoms with Crippen molar-refractivity contribution in [2.75, 3.05) is 6.61 Å². The lowest BCUT2D eigenvalue weighted by molar-refractivity contribution is -0.142. The lowest BCUT2D eigenvalue weighted by Crippen LogP contribution is -2.41. The van der Waals surface area contributed by atoms with Gasteiger partial charge in [0.15, 0.2) is 0 Å². The second kappa shape index (κ2) is 11.7. The largest absolute Gasteiger partial charge is 0.480 e. The van der Waals surface area contributed by atoms with Crippen molar-refractivity contribution in [3.8, 4) is 11.1 Å². The van der Waals surface area contributed by atoms with Crippen LogP contribution in [0, 0.1) is 5.92 Å². The molecule has 0 spiro atoms. The summed E-state index contributed by atoms with van der Waals surface area (Å²) in [6.45, 7) is 5.94. The number of rotatable bonds is 11. The summed E-state index contributed by atoms with van der Waals surface area (Å²) in [5.41, 5.74) is 4.68. The fourth-order valence-electron chi connectivity index (χ4n) is 4.44. The number of carboxylic acids is 1. The van der Waals surface area contributed by atoms with Gasteiger partial charge >= 0.3 is 12.1 Å². The molecule has 0 saturated carbocycles. The van der Waals surface area contributed by atoms with Crippen LogP contribution in [-0.4, -0.2) is 41.8 Å². The molecule has 3 rings (SSSR count). The van der Waals surface area contributed by atoms with E-state index < -0.39 is 18.1 Å². The van der Waals surface area contributed by atoms with E-state index in [2.05, 4.69) is 34.9 Å². The number of alkyl carbamates (subject to hydrolysis) is 1. The molecule has 0 bridgehead atoms. The van der Waals surface area contributed by atoms with E-state index in [1.54, 1.807) is 0 Å². The number of carbonyl (C=O) groups excluding carboxylic acids is 2. The Balaban J connectivity index is 1.42. The summed E-state index contributed by atoms with van der Waals surface area (Å²) in [4.78, 5) is 35.8. The van der Waals surface area contributed by atoms with Crippen LogP contribution in [0.15, 0.2) is 48.5 Å². The van der Waals surface area contributed by atoms with E-state index >= 15 is 0 Å². The van der Waals surface area contributed by atoms with Crippen LogP contribution >= 0.6 is 0 Å². The second-order valence-electron chi connectivity index (χ2n) is 9.35. The Morgan fingerprint density at radius 1 is 0.941 bits per heavy atom. The lowest BCUT2D eigenvalue weighted by Gasteiger charge is -2.18. The minimum atomic E-state index is -1.02. The fraction of sp³-hybridized carbons (Fsp3) is 0.444. The van der Waals surface area contributed by atoms with Gasteiger partial charge in [-0.25, -0.2) is 9.59 Å². The molecule has 2 atom stereocenters. The smallest absolute Gasteiger partial charge is 0.407 e. The van der Waals surface area contributed by atoms with E-state index in [0.29, 0.717) is 19.3 Å². The molecule has 0 aromatic heterocycles. The Kier molecular flexibility index (Phi) is 8.68. The Labute approximate surface area is 200 Å². The highest BCUT2D eigenvalue weighted by Gasteiger charge is 2.29. The number of carbonyl (C=O) groups is 3. The number of hydrogen-bond acceptors (Lipinski definition) is 4. The first-order valence-electron chi connectivity index (χ1n) is 11.9. The standard InChI is InChI=1S/C27H34N2O5/c1-17(2)15-24(26(31)32)29-25(30)14-8-9-18(3)28-27(33)34-16-23-21-12-6-4-10-19(21)20-11-5-7-13-22(20)23/h4-7,10-13,17-18,23-24H,8-9,14-16H2,1-3H3,(H,28,33)(H,29,30)(H,31,32). The van der Waals surface area contributed by atoms with Crippen molar-refractivity contribution in [1.82, 2.24) is 10.6 Å². The monoisotopic (exact) mass is 466 g/mol. The first-order valence-corrected chi connectivity index (χ1v) is 11.9. The minimum Gasteiger partial charge on any atom is -0.480 e. The molecule has 2 aromatic carbocycles. The molecule has 0 aliphatic heterocycles. The second-order valence-corrected chi connectivity index (χ2v) is 9.35. The summed E-state index contributed by atoms with van der Waals surface area (Å²) >= 11 is 0. The zero-order chi connectivity index (χ0) is 24.7. The predicted molar refractivity (Wildman–Crippen MR) is 131 cm³/mol. The third kappa shape index (κ3) is 6.59. The molecule has 7 heteroatoms. The lowest BCUT2D eigenvalue weighted by atomic mass is 9.98. The van der Waals surface area contributed by atoms with Crippen molar-refractivity contribution in [2.45, 2.75) is 64.5 Å². The molecule has 0 fully saturated rings. The van der Waals surface area contributed by atoms with Gasteiger partial charge in [-0.05, 0) is 54.4 Å². The Morgan fingerprint density at radius 2 is 1.53 bits per heavy atom. The first kappa shape index (κ1) is 25.3. The third-order valence-corrected chi connectivity index (χ3v) is 6.09. The number of nitrogens with one attached hydrogen (secondary N) is 2. The van der Waals surface area contributed by atoms with Gasteiger partial charge < -0.3 is 20.5 Å². The van der Waals surface area contributed by atoms with Crippen LogP contribution in [0.2, 0.25) is 0 Å². The number of carboxylic acid groups (broad SMARTS) is 1. The van der Waals surface area contributed by atoms with Gasteiger partial charge in [-0.1, -0.05) is 62.4 Å². The van der Waals surface area contributed by atoms with Crippen molar-refractivity contribution < 1.29 is 24.2 Å². The van der Waals surface area contributed by atoms with Gasteiger partial charge in [0.1, 0.15) is 12.6 Å². The number of benzene rings is 2. The van der Waals surface area contributed by atoms with E-state index in [-0.39, 0.29) is 36.8 Å². The maximum atomic E-state index is 12.4. The first-order chi connectivity index (χ1) is 16.3. The molecule has 0 heterocycles. The zero-order valence-electron chi connectivity index (χ0n) is 20.0. The van der Waals surface area contributed by atoms with Crippen LogP contribution in [0.4, 0.5) is 4.79 Å². The van der Waals surface area contributed by atoms with Crippen molar-refractivity contribution in [3.05, 3.63) is 59.7 Å². The maximum absolute atomic E-state index is 12.4. The Hall–Kier alpha value is -3.35. The van der Waals surface area contributed by atoms with E-state index in [1.165, 1.54) is 11.1 Å². The molecule has 3 N–H and O–H groups in total. The van der Waals surface area contributed by atoms with E-state index in [9.17, 15) is 19.5 Å². The van der Waals surface area contributed by atoms with Crippen molar-refractivity contribution in [2.24, 2.45) is 5.92 Å². The average molecular weight is 467 g/mol. The highest BCUT2D eigenvalue weighted by molar-refractivity contribution is 5.83. The summed E-state index contributed by atoms with van der Waals surface area (Å²) in [5.74, 6) is -1.14. The number of aliphatic carboxylic acids is 1. The number of fused-ring (bicyclic) bond motifs is 3. The van der Waals surface area contributed by atoms with Crippen molar-refractivity contribution in [3.63, 3.8) is 0 Å². The SMILES string of the molecule is CC(C)CC(NC(=O)CCCC(C)NC(=O)OCC1c2ccccc2-c2ccccc21)C(=O)O. The molecule has 2 unspecified atom stereocenters. The van der Waals surface area contributed by atoms with Crippen LogP contribution in [0.1, 0.15) is 63.5 Å². The number of amides is 2. The van der Waals surface area contributed by atoms with Gasteiger partial charge in [-0.15, -0.1) is 0 Å². The molecule has 2 amide bonds. The van der Waals surface area contributed by atoms with Gasteiger partial charge in [-0.3, -0.25) is 4.79 Å². The topological polar surface area (TPSA) is 105 Å². The average Bonchev–Trinajstić information content (AvgIpc) is 3.10. The van der Waals surface area contributed by atoms with Gasteiger partial charge in [0.05, 0.1) is 0 Å². The van der Waals surface area contributed by atoms with Crippen LogP contribution in [-0.2, 0) is 14.3 Å². The van der Waals surface area contributed by atoms with Gasteiger partial charge in [0, 0.05) is 18.4 Å². The molecular weight excluding hydrogens is 432 g/mol. The highest BCUT2D eigenvalue weighted by Crippen LogP contribution is 2.44. The molecule has 0 radical (unpaired) electrons. The van der Waals surface area contributed by atoms with Crippen LogP contribution in [0.3, 0.4) is 0 Å². The third-order valence-electron chi connectivity index (χ3n) is 6.09. The molecule has 7 nitrogen and oxygen atoms in total. The molecule has 2 aromatic rings. The molecule has 1 aliphatic carbocycles. The summed E-state index contributed by atoms with van der Waals surface area (Å²) in [7, 11) is 0.